The summed E-state index contributed by atoms with van der Waals surface area (Å²) in [4.78, 5) is 39.6. The van der Waals surface area contributed by atoms with E-state index < -0.39 is 35.5 Å². The van der Waals surface area contributed by atoms with E-state index in [9.17, 15) is 19.6 Å². The molecule has 3 heterocycles. The van der Waals surface area contributed by atoms with Gasteiger partial charge in [-0.25, -0.2) is 9.59 Å². The third kappa shape index (κ3) is 7.34. The van der Waals surface area contributed by atoms with Gasteiger partial charge in [0, 0.05) is 32.0 Å². The molecule has 2 aromatic carbocycles. The first kappa shape index (κ1) is 29.7. The molecular weight excluding hydrogens is 550 g/mol. The number of benzene rings is 2. The fourth-order valence-electron chi connectivity index (χ4n) is 4.94. The minimum absolute atomic E-state index is 0.0495. The number of amides is 2. The summed E-state index contributed by atoms with van der Waals surface area (Å²) in [6.45, 7) is 6.50. The maximum absolute atomic E-state index is 13.0. The molecule has 11 nitrogen and oxygen atoms in total. The molecule has 0 spiro atoms. The van der Waals surface area contributed by atoms with Crippen LogP contribution < -0.4 is 11.1 Å². The molecule has 2 amide bonds. The van der Waals surface area contributed by atoms with Gasteiger partial charge in [0.25, 0.3) is 5.91 Å². The summed E-state index contributed by atoms with van der Waals surface area (Å²) < 4.78 is 20.1. The third-order valence-corrected chi connectivity index (χ3v) is 7.06. The molecule has 1 aliphatic rings. The van der Waals surface area contributed by atoms with Gasteiger partial charge in [-0.15, -0.1) is 0 Å². The van der Waals surface area contributed by atoms with Crippen LogP contribution in [0.4, 0.5) is 4.79 Å². The van der Waals surface area contributed by atoms with Crippen LogP contribution in [0.3, 0.4) is 0 Å². The van der Waals surface area contributed by atoms with Crippen molar-refractivity contribution < 1.29 is 23.5 Å². The van der Waals surface area contributed by atoms with E-state index in [0.29, 0.717) is 43.8 Å². The second kappa shape index (κ2) is 12.6. The summed E-state index contributed by atoms with van der Waals surface area (Å²) in [5.41, 5.74) is 3.25. The number of carbonyl (C=O) groups is 2. The Bertz CT molecular complexity index is 1670. The lowest BCUT2D eigenvalue weighted by Gasteiger charge is -2.27. The number of ether oxygens (including phenoxy) is 2. The molecule has 11 heteroatoms. The molecule has 43 heavy (non-hydrogen) atoms. The van der Waals surface area contributed by atoms with Crippen LogP contribution in [0.15, 0.2) is 76.2 Å². The molecule has 4 aromatic rings. The van der Waals surface area contributed by atoms with E-state index in [1.54, 1.807) is 31.4 Å². The Labute approximate surface area is 249 Å². The van der Waals surface area contributed by atoms with Gasteiger partial charge < -0.3 is 28.7 Å². The second-order valence-corrected chi connectivity index (χ2v) is 11.5. The average molecular weight is 586 g/mol. The van der Waals surface area contributed by atoms with Crippen molar-refractivity contribution in [3.8, 4) is 17.2 Å². The lowest BCUT2D eigenvalue weighted by Crippen LogP contribution is -2.48. The number of nitrogens with zero attached hydrogens (tertiary/aromatic N) is 4. The first-order valence-electron chi connectivity index (χ1n) is 14.2. The van der Waals surface area contributed by atoms with E-state index in [1.807, 2.05) is 65.5 Å². The molecule has 1 fully saturated rings. The minimum Gasteiger partial charge on any atom is -0.444 e. The zero-order valence-electron chi connectivity index (χ0n) is 24.5. The average Bonchev–Trinajstić information content (AvgIpc) is 3.50. The highest BCUT2D eigenvalue weighted by molar-refractivity contribution is 5.83. The van der Waals surface area contributed by atoms with Gasteiger partial charge in [0.1, 0.15) is 18.3 Å². The van der Waals surface area contributed by atoms with Crippen molar-refractivity contribution in [2.45, 2.75) is 58.0 Å². The molecule has 1 saturated heterocycles. The molecule has 0 aliphatic carbocycles. The molecule has 1 aliphatic heterocycles. The van der Waals surface area contributed by atoms with Crippen LogP contribution in [0, 0.1) is 11.3 Å². The normalized spacial score (nSPS) is 16.3. The SMILES string of the molecule is CC(C)(C)OC(=O)N1CCCO[C@H](C(=O)N[C@H](C#N)Cc2ccc(-c3ccc4oc(=O)n(Cn5cccc5)c4c3)cc2)C1. The lowest BCUT2D eigenvalue weighted by atomic mass is 10.0. The van der Waals surface area contributed by atoms with Crippen molar-refractivity contribution in [2.24, 2.45) is 0 Å². The molecule has 224 valence electrons. The minimum atomic E-state index is -0.902. The number of carbonyl (C=O) groups excluding carboxylic acids is 2. The summed E-state index contributed by atoms with van der Waals surface area (Å²) in [5.74, 6) is -0.870. The van der Waals surface area contributed by atoms with Crippen LogP contribution in [0.1, 0.15) is 32.8 Å². The van der Waals surface area contributed by atoms with Crippen molar-refractivity contribution in [3.05, 3.63) is 83.1 Å². The van der Waals surface area contributed by atoms with Crippen LogP contribution in [0.2, 0.25) is 0 Å². The Morgan fingerprint density at radius 1 is 1.12 bits per heavy atom. The predicted octanol–water partition coefficient (Wildman–Crippen LogP) is 4.15. The van der Waals surface area contributed by atoms with Crippen molar-refractivity contribution in [1.82, 2.24) is 19.4 Å². The van der Waals surface area contributed by atoms with Crippen molar-refractivity contribution >= 4 is 23.1 Å². The zero-order chi connectivity index (χ0) is 30.6. The van der Waals surface area contributed by atoms with Gasteiger partial charge in [0.2, 0.25) is 0 Å². The number of rotatable bonds is 7. The summed E-state index contributed by atoms with van der Waals surface area (Å²) in [6, 6.07) is 18.5. The molecule has 2 aromatic heterocycles. The van der Waals surface area contributed by atoms with E-state index in [2.05, 4.69) is 11.4 Å². The molecule has 0 unspecified atom stereocenters. The van der Waals surface area contributed by atoms with Crippen LogP contribution in [-0.4, -0.2) is 63.5 Å². The Morgan fingerprint density at radius 3 is 2.53 bits per heavy atom. The first-order valence-corrected chi connectivity index (χ1v) is 14.2. The van der Waals surface area contributed by atoms with Crippen molar-refractivity contribution in [2.75, 3.05) is 19.7 Å². The number of hydrogen-bond donors (Lipinski definition) is 1. The molecule has 1 N–H and O–H groups in total. The molecule has 0 radical (unpaired) electrons. The summed E-state index contributed by atoms with van der Waals surface area (Å²) in [7, 11) is 0. The largest absolute Gasteiger partial charge is 0.444 e. The number of nitrogens with one attached hydrogen (secondary N) is 1. The Kier molecular flexibility index (Phi) is 8.68. The zero-order valence-corrected chi connectivity index (χ0v) is 24.5. The van der Waals surface area contributed by atoms with Crippen LogP contribution in [-0.2, 0) is 27.4 Å². The van der Waals surface area contributed by atoms with Crippen LogP contribution in [0.25, 0.3) is 22.2 Å². The van der Waals surface area contributed by atoms with Gasteiger partial charge in [0.15, 0.2) is 11.7 Å². The lowest BCUT2D eigenvalue weighted by molar-refractivity contribution is -0.133. The van der Waals surface area contributed by atoms with Crippen molar-refractivity contribution in [1.29, 1.82) is 5.26 Å². The Balaban J connectivity index is 1.24. The molecule has 2 atom stereocenters. The Hall–Kier alpha value is -4.82. The summed E-state index contributed by atoms with van der Waals surface area (Å²) >= 11 is 0. The summed E-state index contributed by atoms with van der Waals surface area (Å²) in [5, 5.41) is 12.5. The second-order valence-electron chi connectivity index (χ2n) is 11.5. The van der Waals surface area contributed by atoms with E-state index in [1.165, 1.54) is 4.90 Å². The number of oxazole rings is 1. The highest BCUT2D eigenvalue weighted by Crippen LogP contribution is 2.25. The number of hydrogen-bond acceptors (Lipinski definition) is 7. The number of fused-ring (bicyclic) bond motifs is 1. The van der Waals surface area contributed by atoms with Gasteiger partial charge in [-0.05, 0) is 68.1 Å². The fourth-order valence-corrected chi connectivity index (χ4v) is 4.94. The van der Waals surface area contributed by atoms with Gasteiger partial charge in [0.05, 0.1) is 18.1 Å². The Morgan fingerprint density at radius 2 is 1.84 bits per heavy atom. The first-order chi connectivity index (χ1) is 20.6. The van der Waals surface area contributed by atoms with Crippen LogP contribution >= 0.6 is 0 Å². The number of aromatic nitrogens is 2. The van der Waals surface area contributed by atoms with E-state index in [-0.39, 0.29) is 6.54 Å². The maximum atomic E-state index is 13.0. The van der Waals surface area contributed by atoms with Gasteiger partial charge in [-0.2, -0.15) is 5.26 Å². The highest BCUT2D eigenvalue weighted by Gasteiger charge is 2.31. The van der Waals surface area contributed by atoms with Gasteiger partial charge in [-0.1, -0.05) is 30.3 Å². The molecule has 5 rings (SSSR count). The maximum Gasteiger partial charge on any atom is 0.421 e. The number of nitriles is 1. The summed E-state index contributed by atoms with van der Waals surface area (Å²) in [6.07, 6.45) is 3.24. The highest BCUT2D eigenvalue weighted by atomic mass is 16.6. The van der Waals surface area contributed by atoms with Crippen molar-refractivity contribution in [3.63, 3.8) is 0 Å². The monoisotopic (exact) mass is 585 g/mol. The van der Waals surface area contributed by atoms with E-state index in [4.69, 9.17) is 13.9 Å². The predicted molar refractivity (Wildman–Crippen MR) is 159 cm³/mol. The smallest absolute Gasteiger partial charge is 0.421 e. The van der Waals surface area contributed by atoms with E-state index in [0.717, 1.165) is 16.7 Å². The molecular formula is C32H35N5O6. The standard InChI is InChI=1S/C32H35N5O6/c1-32(2,3)43-30(39)36-15-6-16-41-28(20-36)29(38)34-25(19-33)17-22-7-9-23(10-8-22)24-11-12-27-26(18-24)37(31(40)42-27)21-35-13-4-5-14-35/h4-5,7-14,18,25,28H,6,15-17,20-21H2,1-3H3,(H,34,38)/t25-,28-/m0/s1. The molecule has 0 bridgehead atoms. The van der Waals surface area contributed by atoms with Gasteiger partial charge >= 0.3 is 11.8 Å². The molecule has 0 saturated carbocycles. The fraction of sp³-hybridized carbons (Fsp3) is 0.375. The quantitative estimate of drug-likeness (QED) is 0.345. The van der Waals surface area contributed by atoms with E-state index >= 15 is 0 Å². The van der Waals surface area contributed by atoms with Gasteiger partial charge in [-0.3, -0.25) is 9.36 Å². The topological polar surface area (TPSA) is 132 Å². The third-order valence-electron chi connectivity index (χ3n) is 7.06. The van der Waals surface area contributed by atoms with Crippen LogP contribution in [0.5, 0.6) is 0 Å².